The molecule has 1 aliphatic carbocycles. The highest BCUT2D eigenvalue weighted by atomic mass is 16.1. The number of imidazole rings is 1. The highest BCUT2D eigenvalue weighted by Gasteiger charge is 2.28. The Labute approximate surface area is 145 Å². The van der Waals surface area contributed by atoms with Crippen molar-refractivity contribution in [2.24, 2.45) is 0 Å². The van der Waals surface area contributed by atoms with Crippen LogP contribution in [0.2, 0.25) is 0 Å². The van der Waals surface area contributed by atoms with Crippen LogP contribution in [0.3, 0.4) is 0 Å². The summed E-state index contributed by atoms with van der Waals surface area (Å²) in [5, 5.41) is 0. The maximum atomic E-state index is 12.3. The lowest BCUT2D eigenvalue weighted by atomic mass is 9.93. The molecule has 0 radical (unpaired) electrons. The number of rotatable bonds is 3. The maximum Gasteiger partial charge on any atom is 0.162 e. The van der Waals surface area contributed by atoms with E-state index in [2.05, 4.69) is 4.98 Å². The van der Waals surface area contributed by atoms with E-state index in [0.29, 0.717) is 5.82 Å². The first-order valence-electron chi connectivity index (χ1n) is 8.17. The standard InChI is InChI=1S/C21H16N2O2/c24-16-11-12-17(18(25)13-16)21-22-19(14-7-3-1-4-8-14)20(23-21)15-9-5-2-6-10-15/h1-12,17H,13H2,(H,22,23). The Morgan fingerprint density at radius 2 is 1.52 bits per heavy atom. The molecule has 4 rings (SSSR count). The first-order chi connectivity index (χ1) is 12.2. The van der Waals surface area contributed by atoms with Gasteiger partial charge in [-0.3, -0.25) is 9.59 Å². The van der Waals surface area contributed by atoms with Gasteiger partial charge in [0.15, 0.2) is 11.6 Å². The van der Waals surface area contributed by atoms with Gasteiger partial charge < -0.3 is 4.98 Å². The molecule has 0 saturated carbocycles. The van der Waals surface area contributed by atoms with Crippen LogP contribution >= 0.6 is 0 Å². The van der Waals surface area contributed by atoms with Gasteiger partial charge in [-0.15, -0.1) is 0 Å². The Balaban J connectivity index is 1.86. The Morgan fingerprint density at radius 3 is 2.16 bits per heavy atom. The summed E-state index contributed by atoms with van der Waals surface area (Å²) in [6.07, 6.45) is 3.04. The number of Topliss-reactive ketones (excluding diaryl/α,β-unsaturated/α-hetero) is 1. The van der Waals surface area contributed by atoms with E-state index >= 15 is 0 Å². The van der Waals surface area contributed by atoms with E-state index in [-0.39, 0.29) is 18.0 Å². The zero-order valence-electron chi connectivity index (χ0n) is 13.5. The average molecular weight is 328 g/mol. The molecule has 1 aliphatic rings. The van der Waals surface area contributed by atoms with Gasteiger partial charge in [0.1, 0.15) is 5.82 Å². The lowest BCUT2D eigenvalue weighted by Gasteiger charge is -2.11. The molecule has 1 aromatic heterocycles. The van der Waals surface area contributed by atoms with E-state index in [4.69, 9.17) is 4.98 Å². The van der Waals surface area contributed by atoms with Crippen molar-refractivity contribution in [1.29, 1.82) is 0 Å². The summed E-state index contributed by atoms with van der Waals surface area (Å²) in [6.45, 7) is 0. The lowest BCUT2D eigenvalue weighted by molar-refractivity contribution is -0.125. The highest BCUT2D eigenvalue weighted by molar-refractivity contribution is 6.10. The summed E-state index contributed by atoms with van der Waals surface area (Å²) in [5.41, 5.74) is 3.66. The van der Waals surface area contributed by atoms with Crippen LogP contribution in [0.4, 0.5) is 0 Å². The number of allylic oxidation sites excluding steroid dienone is 2. The maximum absolute atomic E-state index is 12.3. The summed E-state index contributed by atoms with van der Waals surface area (Å²) in [6, 6.07) is 19.8. The second-order valence-corrected chi connectivity index (χ2v) is 6.02. The molecule has 122 valence electrons. The first kappa shape index (κ1) is 15.3. The summed E-state index contributed by atoms with van der Waals surface area (Å²) in [5.74, 6) is -0.205. The molecule has 0 saturated heterocycles. The number of carbonyl (C=O) groups is 2. The van der Waals surface area contributed by atoms with E-state index in [1.54, 1.807) is 6.08 Å². The average Bonchev–Trinajstić information content (AvgIpc) is 3.08. The quantitative estimate of drug-likeness (QED) is 0.741. The number of hydrogen-bond donors (Lipinski definition) is 1. The van der Waals surface area contributed by atoms with Crippen molar-refractivity contribution in [1.82, 2.24) is 9.97 Å². The molecule has 0 aliphatic heterocycles. The summed E-state index contributed by atoms with van der Waals surface area (Å²) < 4.78 is 0. The topological polar surface area (TPSA) is 62.8 Å². The summed E-state index contributed by atoms with van der Waals surface area (Å²) in [4.78, 5) is 31.7. The fourth-order valence-electron chi connectivity index (χ4n) is 3.05. The molecular weight excluding hydrogens is 312 g/mol. The Morgan fingerprint density at radius 1 is 0.880 bits per heavy atom. The molecule has 3 aromatic rings. The van der Waals surface area contributed by atoms with Gasteiger partial charge in [-0.2, -0.15) is 0 Å². The van der Waals surface area contributed by atoms with Gasteiger partial charge in [0.05, 0.1) is 23.7 Å². The largest absolute Gasteiger partial charge is 0.341 e. The molecule has 2 aromatic carbocycles. The summed E-state index contributed by atoms with van der Waals surface area (Å²) in [7, 11) is 0. The predicted octanol–water partition coefficient (Wildman–Crippen LogP) is 3.93. The van der Waals surface area contributed by atoms with E-state index in [1.165, 1.54) is 6.08 Å². The van der Waals surface area contributed by atoms with Gasteiger partial charge in [-0.25, -0.2) is 4.98 Å². The highest BCUT2D eigenvalue weighted by Crippen LogP contribution is 2.33. The van der Waals surface area contributed by atoms with Crippen molar-refractivity contribution >= 4 is 11.6 Å². The number of nitrogens with one attached hydrogen (secondary N) is 1. The number of H-pyrrole nitrogens is 1. The van der Waals surface area contributed by atoms with Crippen LogP contribution in [0.15, 0.2) is 72.8 Å². The van der Waals surface area contributed by atoms with Gasteiger partial charge in [-0.05, 0) is 6.08 Å². The van der Waals surface area contributed by atoms with Crippen LogP contribution in [0, 0.1) is 0 Å². The molecule has 25 heavy (non-hydrogen) atoms. The van der Waals surface area contributed by atoms with Crippen LogP contribution in [0.5, 0.6) is 0 Å². The van der Waals surface area contributed by atoms with E-state index in [0.717, 1.165) is 22.5 Å². The third-order valence-electron chi connectivity index (χ3n) is 4.30. The van der Waals surface area contributed by atoms with Crippen LogP contribution in [0.25, 0.3) is 22.5 Å². The van der Waals surface area contributed by atoms with Crippen LogP contribution in [-0.2, 0) is 9.59 Å². The minimum Gasteiger partial charge on any atom is -0.341 e. The van der Waals surface area contributed by atoms with Gasteiger partial charge in [0.2, 0.25) is 0 Å². The van der Waals surface area contributed by atoms with Crippen molar-refractivity contribution in [2.75, 3.05) is 0 Å². The first-order valence-corrected chi connectivity index (χ1v) is 8.17. The normalized spacial score (nSPS) is 17.0. The molecule has 1 heterocycles. The number of benzene rings is 2. The Kier molecular flexibility index (Phi) is 3.86. The number of carbonyl (C=O) groups excluding carboxylic acids is 2. The SMILES string of the molecule is O=C1C=CC(c2nc(-c3ccccc3)c(-c3ccccc3)[nH]2)C(=O)C1. The molecule has 1 N–H and O–H groups in total. The Bertz CT molecular complexity index is 899. The second kappa shape index (κ2) is 6.32. The van der Waals surface area contributed by atoms with Gasteiger partial charge in [0.25, 0.3) is 0 Å². The number of hydrogen-bond acceptors (Lipinski definition) is 3. The Hall–Kier alpha value is -3.27. The minimum absolute atomic E-state index is 0.0663. The van der Waals surface area contributed by atoms with Crippen molar-refractivity contribution in [3.63, 3.8) is 0 Å². The fraction of sp³-hybridized carbons (Fsp3) is 0.0952. The van der Waals surface area contributed by atoms with E-state index in [9.17, 15) is 9.59 Å². The molecule has 0 spiro atoms. The molecule has 0 fully saturated rings. The predicted molar refractivity (Wildman–Crippen MR) is 96.0 cm³/mol. The van der Waals surface area contributed by atoms with Gasteiger partial charge in [0, 0.05) is 11.1 Å². The zero-order chi connectivity index (χ0) is 17.2. The molecule has 0 bridgehead atoms. The molecule has 1 atom stereocenters. The smallest absolute Gasteiger partial charge is 0.162 e. The second-order valence-electron chi connectivity index (χ2n) is 6.02. The van der Waals surface area contributed by atoms with Crippen LogP contribution in [0.1, 0.15) is 18.2 Å². The lowest BCUT2D eigenvalue weighted by Crippen LogP contribution is -2.19. The van der Waals surface area contributed by atoms with Crippen molar-refractivity contribution < 1.29 is 9.59 Å². The molecule has 1 unspecified atom stereocenters. The van der Waals surface area contributed by atoms with Crippen molar-refractivity contribution in [3.8, 4) is 22.5 Å². The van der Waals surface area contributed by atoms with Crippen LogP contribution < -0.4 is 0 Å². The number of aromatic nitrogens is 2. The monoisotopic (exact) mass is 328 g/mol. The number of nitrogens with zero attached hydrogens (tertiary/aromatic N) is 1. The molecular formula is C21H16N2O2. The zero-order valence-corrected chi connectivity index (χ0v) is 13.5. The third kappa shape index (κ3) is 2.94. The van der Waals surface area contributed by atoms with Crippen LogP contribution in [-0.4, -0.2) is 21.5 Å². The number of aromatic amines is 1. The van der Waals surface area contributed by atoms with Crippen molar-refractivity contribution in [3.05, 3.63) is 78.6 Å². The van der Waals surface area contributed by atoms with E-state index in [1.807, 2.05) is 60.7 Å². The minimum atomic E-state index is -0.502. The van der Waals surface area contributed by atoms with E-state index < -0.39 is 5.92 Å². The fourth-order valence-corrected chi connectivity index (χ4v) is 3.05. The van der Waals surface area contributed by atoms with Gasteiger partial charge in [-0.1, -0.05) is 66.7 Å². The number of ketones is 2. The van der Waals surface area contributed by atoms with Gasteiger partial charge >= 0.3 is 0 Å². The molecule has 4 nitrogen and oxygen atoms in total. The molecule has 4 heteroatoms. The van der Waals surface area contributed by atoms with Crippen molar-refractivity contribution in [2.45, 2.75) is 12.3 Å². The summed E-state index contributed by atoms with van der Waals surface area (Å²) >= 11 is 0. The molecule has 0 amide bonds. The third-order valence-corrected chi connectivity index (χ3v) is 4.30.